The van der Waals surface area contributed by atoms with Gasteiger partial charge in [-0.3, -0.25) is 4.99 Å². The van der Waals surface area contributed by atoms with Crippen LogP contribution in [-0.4, -0.2) is 5.71 Å². The summed E-state index contributed by atoms with van der Waals surface area (Å²) < 4.78 is 0. The van der Waals surface area contributed by atoms with E-state index in [1.165, 1.54) is 22.4 Å². The second-order valence-corrected chi connectivity index (χ2v) is 4.55. The average molecular weight is 233 g/mol. The van der Waals surface area contributed by atoms with Gasteiger partial charge in [-0.15, -0.1) is 0 Å². The first-order valence-electron chi connectivity index (χ1n) is 6.26. The molecule has 1 aliphatic heterocycles. The highest BCUT2D eigenvalue weighted by Gasteiger charge is 2.07. The summed E-state index contributed by atoms with van der Waals surface area (Å²) in [6, 6.07) is 19.0. The van der Waals surface area contributed by atoms with Crippen LogP contribution in [0.3, 0.4) is 0 Å². The van der Waals surface area contributed by atoms with Crippen molar-refractivity contribution in [1.29, 1.82) is 0 Å². The quantitative estimate of drug-likeness (QED) is 0.746. The Bertz CT molecular complexity index is 594. The molecule has 0 N–H and O–H groups in total. The molecule has 0 unspecified atom stereocenters. The largest absolute Gasteiger partial charge is 0.265 e. The molecule has 18 heavy (non-hydrogen) atoms. The van der Waals surface area contributed by atoms with E-state index in [0.29, 0.717) is 0 Å². The van der Waals surface area contributed by atoms with Gasteiger partial charge in [0.25, 0.3) is 0 Å². The molecule has 1 heteroatoms. The van der Waals surface area contributed by atoms with Crippen LogP contribution in [0.5, 0.6) is 0 Å². The van der Waals surface area contributed by atoms with Gasteiger partial charge in [0, 0.05) is 24.8 Å². The predicted octanol–water partition coefficient (Wildman–Crippen LogP) is 3.90. The van der Waals surface area contributed by atoms with E-state index >= 15 is 0 Å². The lowest BCUT2D eigenvalue weighted by Crippen LogP contribution is -2.07. The van der Waals surface area contributed by atoms with E-state index in [1.807, 2.05) is 12.3 Å². The minimum Gasteiger partial charge on any atom is -0.265 e. The van der Waals surface area contributed by atoms with Gasteiger partial charge in [-0.05, 0) is 22.8 Å². The van der Waals surface area contributed by atoms with E-state index in [-0.39, 0.29) is 0 Å². The van der Waals surface area contributed by atoms with Crippen molar-refractivity contribution in [3.63, 3.8) is 0 Å². The van der Waals surface area contributed by atoms with Crippen molar-refractivity contribution in [2.24, 2.45) is 4.99 Å². The Kier molecular flexibility index (Phi) is 3.05. The Labute approximate surface area is 108 Å². The molecule has 0 radical (unpaired) electrons. The summed E-state index contributed by atoms with van der Waals surface area (Å²) in [6.07, 6.45) is 5.88. The molecule has 1 aliphatic rings. The van der Waals surface area contributed by atoms with Crippen LogP contribution in [0.25, 0.3) is 6.08 Å². The van der Waals surface area contributed by atoms with Gasteiger partial charge < -0.3 is 0 Å². The van der Waals surface area contributed by atoms with Crippen LogP contribution in [-0.2, 0) is 12.8 Å². The molecular weight excluding hydrogens is 218 g/mol. The van der Waals surface area contributed by atoms with Crippen molar-refractivity contribution in [3.05, 3.63) is 77.5 Å². The zero-order valence-corrected chi connectivity index (χ0v) is 10.2. The third-order valence-electron chi connectivity index (χ3n) is 3.21. The van der Waals surface area contributed by atoms with Crippen molar-refractivity contribution in [2.75, 3.05) is 0 Å². The second-order valence-electron chi connectivity index (χ2n) is 4.55. The minimum atomic E-state index is 0.930. The van der Waals surface area contributed by atoms with Gasteiger partial charge in [-0.2, -0.15) is 0 Å². The maximum absolute atomic E-state index is 4.57. The lowest BCUT2D eigenvalue weighted by atomic mass is 9.99. The predicted molar refractivity (Wildman–Crippen MR) is 76.8 cm³/mol. The van der Waals surface area contributed by atoms with Gasteiger partial charge in [0.1, 0.15) is 0 Å². The van der Waals surface area contributed by atoms with Crippen molar-refractivity contribution in [3.8, 4) is 0 Å². The fourth-order valence-electron chi connectivity index (χ4n) is 2.29. The Hall–Kier alpha value is -2.15. The molecule has 1 nitrogen and oxygen atoms in total. The highest BCUT2D eigenvalue weighted by atomic mass is 14.7. The van der Waals surface area contributed by atoms with E-state index in [9.17, 15) is 0 Å². The summed E-state index contributed by atoms with van der Waals surface area (Å²) >= 11 is 0. The number of hydrogen-bond donors (Lipinski definition) is 0. The number of rotatable bonds is 2. The van der Waals surface area contributed by atoms with Crippen LogP contribution >= 0.6 is 0 Å². The second kappa shape index (κ2) is 5.01. The first-order chi connectivity index (χ1) is 8.92. The number of benzene rings is 2. The zero-order chi connectivity index (χ0) is 12.2. The summed E-state index contributed by atoms with van der Waals surface area (Å²) in [4.78, 5) is 4.57. The minimum absolute atomic E-state index is 0.930. The summed E-state index contributed by atoms with van der Waals surface area (Å²) in [5.74, 6) is 0. The number of aliphatic imine (C=N–C) groups is 1. The Morgan fingerprint density at radius 2 is 1.67 bits per heavy atom. The van der Waals surface area contributed by atoms with Crippen molar-refractivity contribution in [2.45, 2.75) is 12.8 Å². The van der Waals surface area contributed by atoms with Gasteiger partial charge in [0.05, 0.1) is 0 Å². The van der Waals surface area contributed by atoms with Crippen LogP contribution < -0.4 is 0 Å². The summed E-state index contributed by atoms with van der Waals surface area (Å²) in [5.41, 5.74) is 5.19. The van der Waals surface area contributed by atoms with Crippen LogP contribution in [0, 0.1) is 0 Å². The zero-order valence-electron chi connectivity index (χ0n) is 10.2. The van der Waals surface area contributed by atoms with Gasteiger partial charge in [-0.25, -0.2) is 0 Å². The molecule has 1 heterocycles. The summed E-state index contributed by atoms with van der Waals surface area (Å²) in [7, 11) is 0. The molecule has 0 aromatic heterocycles. The summed E-state index contributed by atoms with van der Waals surface area (Å²) in [5, 5.41) is 0. The lowest BCUT2D eigenvalue weighted by Gasteiger charge is -2.06. The number of fused-ring (bicyclic) bond motifs is 1. The standard InChI is InChI=1S/C17H15N/c1-2-6-14(7-3-1)12-17-13-16-9-5-4-8-15(16)10-11-18-17/h1-11H,12-13H2. The highest BCUT2D eigenvalue weighted by Crippen LogP contribution is 2.16. The van der Waals surface area contributed by atoms with Gasteiger partial charge in [-0.1, -0.05) is 54.6 Å². The molecule has 0 saturated heterocycles. The van der Waals surface area contributed by atoms with E-state index in [0.717, 1.165) is 12.8 Å². The third kappa shape index (κ3) is 2.40. The first kappa shape index (κ1) is 11.0. The van der Waals surface area contributed by atoms with Gasteiger partial charge in [0.15, 0.2) is 0 Å². The Morgan fingerprint density at radius 1 is 0.889 bits per heavy atom. The molecule has 0 fully saturated rings. The SMILES string of the molecule is C1=Cc2ccccc2CC(Cc2ccccc2)=N1. The summed E-state index contributed by atoms with van der Waals surface area (Å²) in [6.45, 7) is 0. The molecule has 0 saturated carbocycles. The molecule has 2 aromatic carbocycles. The number of nitrogens with zero attached hydrogens (tertiary/aromatic N) is 1. The van der Waals surface area contributed by atoms with E-state index in [4.69, 9.17) is 0 Å². The maximum Gasteiger partial charge on any atom is 0.0273 e. The normalized spacial score (nSPS) is 13.7. The highest BCUT2D eigenvalue weighted by molar-refractivity contribution is 5.91. The van der Waals surface area contributed by atoms with E-state index < -0.39 is 0 Å². The molecule has 0 amide bonds. The lowest BCUT2D eigenvalue weighted by molar-refractivity contribution is 1.21. The first-order valence-corrected chi connectivity index (χ1v) is 6.26. The molecule has 0 bridgehead atoms. The van der Waals surface area contributed by atoms with E-state index in [1.54, 1.807) is 0 Å². The average Bonchev–Trinajstić information content (AvgIpc) is 2.61. The van der Waals surface area contributed by atoms with Crippen molar-refractivity contribution in [1.82, 2.24) is 0 Å². The Balaban J connectivity index is 1.84. The van der Waals surface area contributed by atoms with Crippen molar-refractivity contribution >= 4 is 11.8 Å². The molecule has 0 aliphatic carbocycles. The molecule has 0 spiro atoms. The number of hydrogen-bond acceptors (Lipinski definition) is 1. The Morgan fingerprint density at radius 3 is 2.56 bits per heavy atom. The van der Waals surface area contributed by atoms with E-state index in [2.05, 4.69) is 59.6 Å². The molecule has 2 aromatic rings. The molecule has 88 valence electrons. The fourth-order valence-corrected chi connectivity index (χ4v) is 2.29. The molecular formula is C17H15N. The smallest absolute Gasteiger partial charge is 0.0273 e. The molecule has 3 rings (SSSR count). The molecule has 0 atom stereocenters. The topological polar surface area (TPSA) is 12.4 Å². The van der Waals surface area contributed by atoms with Gasteiger partial charge >= 0.3 is 0 Å². The van der Waals surface area contributed by atoms with Crippen LogP contribution in [0.2, 0.25) is 0 Å². The fraction of sp³-hybridized carbons (Fsp3) is 0.118. The van der Waals surface area contributed by atoms with Crippen LogP contribution in [0.4, 0.5) is 0 Å². The maximum atomic E-state index is 4.57. The third-order valence-corrected chi connectivity index (χ3v) is 3.21. The van der Waals surface area contributed by atoms with Crippen LogP contribution in [0.15, 0.2) is 65.8 Å². The van der Waals surface area contributed by atoms with Crippen molar-refractivity contribution < 1.29 is 0 Å². The van der Waals surface area contributed by atoms with Gasteiger partial charge in [0.2, 0.25) is 0 Å². The van der Waals surface area contributed by atoms with Crippen LogP contribution in [0.1, 0.15) is 16.7 Å². The monoisotopic (exact) mass is 233 g/mol.